The maximum Gasteiger partial charge on any atom is 0.138 e. The molecule has 0 bridgehead atoms. The van der Waals surface area contributed by atoms with Crippen LogP contribution in [0.2, 0.25) is 0 Å². The zero-order valence-electron chi connectivity index (χ0n) is 14.8. The van der Waals surface area contributed by atoms with Gasteiger partial charge in [0, 0.05) is 27.6 Å². The van der Waals surface area contributed by atoms with Gasteiger partial charge in [-0.1, -0.05) is 48.5 Å². The molecule has 1 unspecified atom stereocenters. The second kappa shape index (κ2) is 8.33. The molecule has 3 nitrogen and oxygen atoms in total. The average molecular weight is 395 g/mol. The van der Waals surface area contributed by atoms with Crippen LogP contribution in [0.4, 0.5) is 0 Å². The smallest absolute Gasteiger partial charge is 0.138 e. The monoisotopic (exact) mass is 394 g/mol. The van der Waals surface area contributed by atoms with Gasteiger partial charge < -0.3 is 0 Å². The molecule has 0 aliphatic heterocycles. The molecule has 0 aliphatic rings. The Morgan fingerprint density at radius 1 is 0.852 bits per heavy atom. The van der Waals surface area contributed by atoms with Crippen LogP contribution in [0.1, 0.15) is 11.4 Å². The highest BCUT2D eigenvalue weighted by atomic mass is 35.5. The molecule has 1 heterocycles. The second-order valence-electron chi connectivity index (χ2n) is 5.99. The van der Waals surface area contributed by atoms with E-state index in [0.717, 1.165) is 33.0 Å². The van der Waals surface area contributed by atoms with Crippen LogP contribution in [-0.2, 0) is 10.8 Å². The Hall–Kier alpha value is -2.69. The predicted octanol–water partition coefficient (Wildman–Crippen LogP) is 5.36. The first-order valence-corrected chi connectivity index (χ1v) is 9.93. The van der Waals surface area contributed by atoms with E-state index in [9.17, 15) is 4.21 Å². The third-order valence-corrected chi connectivity index (χ3v) is 5.17. The van der Waals surface area contributed by atoms with Gasteiger partial charge in [-0.2, -0.15) is 0 Å². The van der Waals surface area contributed by atoms with Crippen LogP contribution in [-0.4, -0.2) is 20.0 Å². The number of fused-ring (bicyclic) bond motifs is 1. The average Bonchev–Trinajstić information content (AvgIpc) is 3.05. The number of hydrogen-bond acceptors (Lipinski definition) is 2. The summed E-state index contributed by atoms with van der Waals surface area (Å²) in [6.45, 7) is 0. The van der Waals surface area contributed by atoms with E-state index in [2.05, 4.69) is 22.8 Å². The number of imidazole rings is 1. The fourth-order valence-electron chi connectivity index (χ4n) is 2.95. The Morgan fingerprint density at radius 2 is 1.52 bits per heavy atom. The molecule has 1 aromatic heterocycles. The van der Waals surface area contributed by atoms with Crippen molar-refractivity contribution in [3.63, 3.8) is 0 Å². The molecule has 0 fully saturated rings. The maximum atomic E-state index is 11.5. The molecule has 0 saturated heterocycles. The lowest BCUT2D eigenvalue weighted by Gasteiger charge is -2.06. The van der Waals surface area contributed by atoms with Gasteiger partial charge in [0.25, 0.3) is 0 Å². The quantitative estimate of drug-likeness (QED) is 0.467. The van der Waals surface area contributed by atoms with E-state index >= 15 is 0 Å². The summed E-state index contributed by atoms with van der Waals surface area (Å²) >= 11 is 0. The molecule has 0 spiro atoms. The molecule has 4 rings (SSSR count). The maximum absolute atomic E-state index is 11.5. The van der Waals surface area contributed by atoms with Crippen molar-refractivity contribution < 1.29 is 4.21 Å². The van der Waals surface area contributed by atoms with Gasteiger partial charge in [0.05, 0.1) is 11.0 Å². The largest absolute Gasteiger partial charge is 0.293 e. The molecule has 0 saturated carbocycles. The van der Waals surface area contributed by atoms with Gasteiger partial charge in [0.2, 0.25) is 0 Å². The first-order valence-electron chi connectivity index (χ1n) is 8.37. The molecule has 0 radical (unpaired) electrons. The van der Waals surface area contributed by atoms with Crippen molar-refractivity contribution in [1.82, 2.24) is 9.55 Å². The van der Waals surface area contributed by atoms with Crippen molar-refractivity contribution in [1.29, 1.82) is 0 Å². The zero-order valence-corrected chi connectivity index (χ0v) is 16.4. The molecule has 3 aromatic carbocycles. The molecule has 0 N–H and O–H groups in total. The first-order chi connectivity index (χ1) is 12.7. The molecular weight excluding hydrogens is 376 g/mol. The van der Waals surface area contributed by atoms with E-state index in [1.807, 2.05) is 72.8 Å². The van der Waals surface area contributed by atoms with Crippen LogP contribution < -0.4 is 0 Å². The first kappa shape index (κ1) is 19.1. The fraction of sp³-hybridized carbons (Fsp3) is 0.0455. The van der Waals surface area contributed by atoms with Gasteiger partial charge in [-0.15, -0.1) is 12.4 Å². The Bertz CT molecular complexity index is 1100. The summed E-state index contributed by atoms with van der Waals surface area (Å²) < 4.78 is 13.7. The van der Waals surface area contributed by atoms with Crippen molar-refractivity contribution in [2.75, 3.05) is 6.26 Å². The number of halogens is 1. The molecule has 4 aromatic rings. The van der Waals surface area contributed by atoms with Crippen LogP contribution >= 0.6 is 12.4 Å². The highest BCUT2D eigenvalue weighted by molar-refractivity contribution is 7.84. The lowest BCUT2D eigenvalue weighted by atomic mass is 10.2. The van der Waals surface area contributed by atoms with E-state index in [0.29, 0.717) is 0 Å². The zero-order chi connectivity index (χ0) is 17.9. The lowest BCUT2D eigenvalue weighted by molar-refractivity contribution is 0.687. The van der Waals surface area contributed by atoms with Gasteiger partial charge in [0.15, 0.2) is 0 Å². The summed E-state index contributed by atoms with van der Waals surface area (Å²) in [6.07, 6.45) is 5.74. The number of rotatable bonds is 4. The van der Waals surface area contributed by atoms with Gasteiger partial charge in [-0.25, -0.2) is 4.98 Å². The van der Waals surface area contributed by atoms with Crippen molar-refractivity contribution >= 4 is 46.4 Å². The molecule has 5 heteroatoms. The van der Waals surface area contributed by atoms with Crippen LogP contribution in [0.3, 0.4) is 0 Å². The van der Waals surface area contributed by atoms with E-state index in [1.54, 1.807) is 6.26 Å². The normalized spacial score (nSPS) is 12.2. The minimum absolute atomic E-state index is 0. The highest BCUT2D eigenvalue weighted by Gasteiger charge is 2.09. The number of para-hydroxylation sites is 3. The Morgan fingerprint density at radius 3 is 2.22 bits per heavy atom. The lowest BCUT2D eigenvalue weighted by Crippen LogP contribution is -1.96. The van der Waals surface area contributed by atoms with Crippen LogP contribution in [0.25, 0.3) is 28.9 Å². The minimum atomic E-state index is -0.957. The van der Waals surface area contributed by atoms with Crippen LogP contribution in [0.15, 0.2) is 83.8 Å². The summed E-state index contributed by atoms with van der Waals surface area (Å²) in [4.78, 5) is 5.61. The third-order valence-electron chi connectivity index (χ3n) is 4.24. The molecule has 0 aliphatic carbocycles. The number of benzene rings is 3. The van der Waals surface area contributed by atoms with E-state index in [-0.39, 0.29) is 12.4 Å². The molecule has 136 valence electrons. The standard InChI is InChI=1S/C22H18N2OS.ClH/c1-26(25)19-14-11-17(12-15-19)13-16-22-23-20-9-5-6-10-21(20)24(22)18-7-3-2-4-8-18;/h2-16H,1H3;1H/b16-13+;. The van der Waals surface area contributed by atoms with E-state index < -0.39 is 10.8 Å². The van der Waals surface area contributed by atoms with E-state index in [1.165, 1.54) is 0 Å². The second-order valence-corrected chi connectivity index (χ2v) is 7.37. The van der Waals surface area contributed by atoms with Crippen LogP contribution in [0.5, 0.6) is 0 Å². The SMILES string of the molecule is CS(=O)c1ccc(/C=C/c2nc3ccccc3n2-c2ccccc2)cc1.Cl. The number of nitrogens with zero attached hydrogens (tertiary/aromatic N) is 2. The van der Waals surface area contributed by atoms with Crippen LogP contribution in [0, 0.1) is 0 Å². The number of hydrogen-bond donors (Lipinski definition) is 0. The predicted molar refractivity (Wildman–Crippen MR) is 116 cm³/mol. The van der Waals surface area contributed by atoms with Crippen molar-refractivity contribution in [3.05, 3.63) is 90.3 Å². The topological polar surface area (TPSA) is 34.9 Å². The molecule has 0 amide bonds. The minimum Gasteiger partial charge on any atom is -0.293 e. The van der Waals surface area contributed by atoms with Gasteiger partial charge in [-0.3, -0.25) is 8.78 Å². The van der Waals surface area contributed by atoms with E-state index in [4.69, 9.17) is 4.98 Å². The molecular formula is C22H19ClN2OS. The van der Waals surface area contributed by atoms with Gasteiger partial charge >= 0.3 is 0 Å². The summed E-state index contributed by atoms with van der Waals surface area (Å²) in [6, 6.07) is 26.1. The van der Waals surface area contributed by atoms with Crippen molar-refractivity contribution in [3.8, 4) is 5.69 Å². The Kier molecular flexibility index (Phi) is 5.89. The summed E-state index contributed by atoms with van der Waals surface area (Å²) in [5, 5.41) is 0. The Balaban J connectivity index is 0.00000210. The number of aromatic nitrogens is 2. The van der Waals surface area contributed by atoms with Crippen molar-refractivity contribution in [2.24, 2.45) is 0 Å². The fourth-order valence-corrected chi connectivity index (χ4v) is 3.47. The third kappa shape index (κ3) is 4.02. The molecule has 1 atom stereocenters. The summed E-state index contributed by atoms with van der Waals surface area (Å²) in [5.41, 5.74) is 4.17. The summed E-state index contributed by atoms with van der Waals surface area (Å²) in [7, 11) is -0.957. The summed E-state index contributed by atoms with van der Waals surface area (Å²) in [5.74, 6) is 0.876. The van der Waals surface area contributed by atoms with Gasteiger partial charge in [-0.05, 0) is 48.0 Å². The highest BCUT2D eigenvalue weighted by Crippen LogP contribution is 2.23. The molecule has 27 heavy (non-hydrogen) atoms. The van der Waals surface area contributed by atoms with Crippen molar-refractivity contribution in [2.45, 2.75) is 4.90 Å². The Labute approximate surface area is 167 Å². The van der Waals surface area contributed by atoms with Gasteiger partial charge in [0.1, 0.15) is 5.82 Å².